The van der Waals surface area contributed by atoms with Crippen LogP contribution in [-0.2, 0) is 9.47 Å². The maximum absolute atomic E-state index is 10.1. The van der Waals surface area contributed by atoms with Crippen molar-refractivity contribution in [3.63, 3.8) is 0 Å². The fraction of sp³-hybridized carbons (Fsp3) is 1.00. The maximum atomic E-state index is 10.1. The molecule has 0 radical (unpaired) electrons. The fourth-order valence-corrected chi connectivity index (χ4v) is 3.48. The fourth-order valence-electron chi connectivity index (χ4n) is 3.48. The minimum atomic E-state index is -0.372. The number of aliphatic hydroxyl groups is 1. The molecule has 1 unspecified atom stereocenters. The van der Waals surface area contributed by atoms with E-state index >= 15 is 0 Å². The largest absolute Gasteiger partial charge is 1.00 e. The molecule has 5 heteroatoms. The number of hydrogen-bond acceptors (Lipinski definition) is 4. The van der Waals surface area contributed by atoms with Crippen LogP contribution >= 0.6 is 0 Å². The summed E-state index contributed by atoms with van der Waals surface area (Å²) in [4.78, 5) is 2.26. The summed E-state index contributed by atoms with van der Waals surface area (Å²) in [7, 11) is 0. The molecule has 4 nitrogen and oxygen atoms in total. The van der Waals surface area contributed by atoms with Gasteiger partial charge in [-0.3, -0.25) is 4.90 Å². The molecule has 2 fully saturated rings. The lowest BCUT2D eigenvalue weighted by Crippen LogP contribution is -3.00. The van der Waals surface area contributed by atoms with Crippen molar-refractivity contribution < 1.29 is 27.0 Å². The Bertz CT molecular complexity index is 295. The zero-order valence-corrected chi connectivity index (χ0v) is 15.1. The predicted octanol–water partition coefficient (Wildman–Crippen LogP) is -0.695. The Morgan fingerprint density at radius 1 is 1.14 bits per heavy atom. The van der Waals surface area contributed by atoms with Gasteiger partial charge in [-0.2, -0.15) is 0 Å². The van der Waals surface area contributed by atoms with E-state index < -0.39 is 0 Å². The SMILES string of the molecule is CC(C)(C)C1CCC(OCC(O)CN2CCOCC2)CC1.[Cl-]. The van der Waals surface area contributed by atoms with E-state index in [0.717, 1.165) is 45.1 Å². The quantitative estimate of drug-likeness (QED) is 0.722. The van der Waals surface area contributed by atoms with Crippen LogP contribution < -0.4 is 12.4 Å². The minimum Gasteiger partial charge on any atom is -1.00 e. The molecule has 2 aliphatic rings. The van der Waals surface area contributed by atoms with Gasteiger partial charge in [0.1, 0.15) is 0 Å². The Morgan fingerprint density at radius 3 is 2.27 bits per heavy atom. The van der Waals surface area contributed by atoms with E-state index in [9.17, 15) is 5.11 Å². The Labute approximate surface area is 142 Å². The second-order valence-corrected chi connectivity index (χ2v) is 7.74. The van der Waals surface area contributed by atoms with Crippen LogP contribution in [0.15, 0.2) is 0 Å². The standard InChI is InChI=1S/C17H33NO3.ClH/c1-17(2,3)14-4-6-16(7-5-14)21-13-15(19)12-18-8-10-20-11-9-18;/h14-16,19H,4-13H2,1-3H3;1H/p-1. The number of β-amino-alcohol motifs (C(OH)–C–C–N with tert-alkyl or cyclic N) is 1. The van der Waals surface area contributed by atoms with Gasteiger partial charge >= 0.3 is 0 Å². The number of nitrogens with zero attached hydrogens (tertiary/aromatic N) is 1. The van der Waals surface area contributed by atoms with E-state index in [0.29, 0.717) is 24.7 Å². The van der Waals surface area contributed by atoms with Crippen LogP contribution in [0.5, 0.6) is 0 Å². The van der Waals surface area contributed by atoms with E-state index in [1.807, 2.05) is 0 Å². The van der Waals surface area contributed by atoms with Crippen LogP contribution in [0, 0.1) is 11.3 Å². The van der Waals surface area contributed by atoms with Gasteiger partial charge < -0.3 is 27.0 Å². The van der Waals surface area contributed by atoms with Gasteiger partial charge in [0.25, 0.3) is 0 Å². The number of rotatable bonds is 5. The molecule has 0 aromatic heterocycles. The molecule has 0 aromatic rings. The Hall–Kier alpha value is 0.130. The molecule has 0 aromatic carbocycles. The summed E-state index contributed by atoms with van der Waals surface area (Å²) in [5.41, 5.74) is 0.417. The van der Waals surface area contributed by atoms with Crippen molar-refractivity contribution in [1.29, 1.82) is 0 Å². The molecule has 22 heavy (non-hydrogen) atoms. The van der Waals surface area contributed by atoms with E-state index in [2.05, 4.69) is 25.7 Å². The molecule has 0 spiro atoms. The van der Waals surface area contributed by atoms with Gasteiger partial charge in [0.15, 0.2) is 0 Å². The lowest BCUT2D eigenvalue weighted by atomic mass is 9.72. The van der Waals surface area contributed by atoms with Gasteiger partial charge in [-0.15, -0.1) is 0 Å². The number of hydrogen-bond donors (Lipinski definition) is 1. The third-order valence-electron chi connectivity index (χ3n) is 5.00. The van der Waals surface area contributed by atoms with Gasteiger partial charge in [0, 0.05) is 19.6 Å². The molecule has 1 saturated carbocycles. The third-order valence-corrected chi connectivity index (χ3v) is 5.00. The number of morpholine rings is 1. The van der Waals surface area contributed by atoms with E-state index in [1.54, 1.807) is 0 Å². The summed E-state index contributed by atoms with van der Waals surface area (Å²) in [6, 6.07) is 0. The van der Waals surface area contributed by atoms with E-state index in [-0.39, 0.29) is 18.5 Å². The Kier molecular flexibility index (Phi) is 8.65. The van der Waals surface area contributed by atoms with Crippen molar-refractivity contribution in [2.75, 3.05) is 39.5 Å². The van der Waals surface area contributed by atoms with Gasteiger partial charge in [0.05, 0.1) is 32.0 Å². The predicted molar refractivity (Wildman–Crippen MR) is 84.4 cm³/mol. The summed E-state index contributed by atoms with van der Waals surface area (Å²) in [5.74, 6) is 0.815. The zero-order valence-electron chi connectivity index (χ0n) is 14.4. The first kappa shape index (κ1) is 20.2. The lowest BCUT2D eigenvalue weighted by Gasteiger charge is -2.37. The van der Waals surface area contributed by atoms with Crippen LogP contribution in [0.2, 0.25) is 0 Å². The van der Waals surface area contributed by atoms with Crippen molar-refractivity contribution in [2.45, 2.75) is 58.7 Å². The molecule has 1 N–H and O–H groups in total. The van der Waals surface area contributed by atoms with Crippen LogP contribution in [0.3, 0.4) is 0 Å². The van der Waals surface area contributed by atoms with Gasteiger partial charge in [-0.25, -0.2) is 0 Å². The van der Waals surface area contributed by atoms with Crippen LogP contribution in [0.1, 0.15) is 46.5 Å². The van der Waals surface area contributed by atoms with Crippen molar-refractivity contribution in [3.05, 3.63) is 0 Å². The maximum Gasteiger partial charge on any atom is 0.0900 e. The highest BCUT2D eigenvalue weighted by Crippen LogP contribution is 2.38. The van der Waals surface area contributed by atoms with Crippen molar-refractivity contribution >= 4 is 0 Å². The van der Waals surface area contributed by atoms with Crippen molar-refractivity contribution in [1.82, 2.24) is 4.90 Å². The molecule has 2 rings (SSSR count). The molecule has 0 amide bonds. The first-order valence-corrected chi connectivity index (χ1v) is 8.55. The summed E-state index contributed by atoms with van der Waals surface area (Å²) in [6.45, 7) is 11.6. The van der Waals surface area contributed by atoms with Gasteiger partial charge in [-0.1, -0.05) is 20.8 Å². The molecule has 1 aliphatic heterocycles. The van der Waals surface area contributed by atoms with E-state index in [4.69, 9.17) is 9.47 Å². The van der Waals surface area contributed by atoms with Gasteiger partial charge in [0.2, 0.25) is 0 Å². The number of ether oxygens (including phenoxy) is 2. The Morgan fingerprint density at radius 2 is 1.73 bits per heavy atom. The zero-order chi connectivity index (χ0) is 15.3. The normalized spacial score (nSPS) is 28.9. The van der Waals surface area contributed by atoms with Crippen molar-refractivity contribution in [2.24, 2.45) is 11.3 Å². The second kappa shape index (κ2) is 9.43. The minimum absolute atomic E-state index is 0. The average molecular weight is 335 g/mol. The lowest BCUT2D eigenvalue weighted by molar-refractivity contribution is -0.0528. The summed E-state index contributed by atoms with van der Waals surface area (Å²) < 4.78 is 11.3. The first-order valence-electron chi connectivity index (χ1n) is 8.55. The summed E-state index contributed by atoms with van der Waals surface area (Å²) >= 11 is 0. The highest BCUT2D eigenvalue weighted by molar-refractivity contribution is 4.81. The summed E-state index contributed by atoms with van der Waals surface area (Å²) in [5, 5.41) is 10.1. The molecule has 1 aliphatic carbocycles. The highest BCUT2D eigenvalue weighted by Gasteiger charge is 2.30. The van der Waals surface area contributed by atoms with E-state index in [1.165, 1.54) is 12.8 Å². The Balaban J connectivity index is 0.00000242. The van der Waals surface area contributed by atoms with Crippen LogP contribution in [0.25, 0.3) is 0 Å². The topological polar surface area (TPSA) is 41.9 Å². The molecule has 132 valence electrons. The van der Waals surface area contributed by atoms with Crippen LogP contribution in [-0.4, -0.2) is 61.7 Å². The molecule has 1 heterocycles. The summed E-state index contributed by atoms with van der Waals surface area (Å²) in [6.07, 6.45) is 4.78. The molecule has 1 saturated heterocycles. The first-order chi connectivity index (χ1) is 9.95. The molecular formula is C17H33ClNO3-. The molecule has 1 atom stereocenters. The number of halogens is 1. The molecule has 0 bridgehead atoms. The smallest absolute Gasteiger partial charge is 0.0900 e. The monoisotopic (exact) mass is 334 g/mol. The van der Waals surface area contributed by atoms with Crippen LogP contribution in [0.4, 0.5) is 0 Å². The second-order valence-electron chi connectivity index (χ2n) is 7.74. The average Bonchev–Trinajstić information content (AvgIpc) is 2.46. The molecular weight excluding hydrogens is 302 g/mol. The van der Waals surface area contributed by atoms with Gasteiger partial charge in [-0.05, 0) is 37.0 Å². The number of aliphatic hydroxyl groups excluding tert-OH is 1. The van der Waals surface area contributed by atoms with Crippen molar-refractivity contribution in [3.8, 4) is 0 Å². The third kappa shape index (κ3) is 6.71. The highest BCUT2D eigenvalue weighted by atomic mass is 35.5.